The van der Waals surface area contributed by atoms with Gasteiger partial charge in [-0.15, -0.1) is 0 Å². The van der Waals surface area contributed by atoms with E-state index in [1.165, 1.54) is 9.58 Å². The molecular formula is C18H22N8O2. The Bertz CT molecular complexity index is 932. The third-order valence-corrected chi connectivity index (χ3v) is 4.93. The summed E-state index contributed by atoms with van der Waals surface area (Å²) in [5.74, 6) is 0.266. The molecule has 2 N–H and O–H groups in total. The molecule has 3 heterocycles. The van der Waals surface area contributed by atoms with E-state index in [1.807, 2.05) is 13.8 Å². The van der Waals surface area contributed by atoms with Crippen LogP contribution in [0.2, 0.25) is 0 Å². The molecular weight excluding hydrogens is 360 g/mol. The molecule has 10 heteroatoms. The van der Waals surface area contributed by atoms with Crippen molar-refractivity contribution in [2.24, 2.45) is 11.3 Å². The Morgan fingerprint density at radius 1 is 1.46 bits per heavy atom. The SMILES string of the molecule is CNC(=O)Cn1cc(Nc2nccc(N3CC[C@@](C#N)(C(C)C)C3=O)n2)cn1. The van der Waals surface area contributed by atoms with Gasteiger partial charge in [-0.1, -0.05) is 13.8 Å². The minimum absolute atomic E-state index is 0.0828. The number of hydrogen-bond donors (Lipinski definition) is 2. The molecule has 2 amide bonds. The van der Waals surface area contributed by atoms with E-state index in [0.717, 1.165) is 0 Å². The van der Waals surface area contributed by atoms with Crippen molar-refractivity contribution < 1.29 is 9.59 Å². The maximum Gasteiger partial charge on any atom is 0.248 e. The summed E-state index contributed by atoms with van der Waals surface area (Å²) in [7, 11) is 1.56. The molecule has 1 fully saturated rings. The third kappa shape index (κ3) is 3.51. The van der Waals surface area contributed by atoms with Gasteiger partial charge in [0.25, 0.3) is 0 Å². The van der Waals surface area contributed by atoms with Crippen molar-refractivity contribution >= 4 is 29.3 Å². The van der Waals surface area contributed by atoms with Crippen molar-refractivity contribution in [2.45, 2.75) is 26.8 Å². The number of aromatic nitrogens is 4. The molecule has 1 aliphatic rings. The van der Waals surface area contributed by atoms with Gasteiger partial charge in [-0.25, -0.2) is 4.98 Å². The monoisotopic (exact) mass is 382 g/mol. The van der Waals surface area contributed by atoms with Crippen LogP contribution in [0.15, 0.2) is 24.7 Å². The van der Waals surface area contributed by atoms with Crippen LogP contribution in [0.3, 0.4) is 0 Å². The molecule has 1 atom stereocenters. The van der Waals surface area contributed by atoms with Crippen molar-refractivity contribution in [3.05, 3.63) is 24.7 Å². The lowest BCUT2D eigenvalue weighted by molar-refractivity contribution is -0.124. The van der Waals surface area contributed by atoms with Crippen molar-refractivity contribution in [3.63, 3.8) is 0 Å². The highest BCUT2D eigenvalue weighted by atomic mass is 16.2. The predicted molar refractivity (Wildman–Crippen MR) is 101 cm³/mol. The van der Waals surface area contributed by atoms with Crippen molar-refractivity contribution in [3.8, 4) is 6.07 Å². The Kier molecular flexibility index (Phi) is 5.26. The van der Waals surface area contributed by atoms with E-state index >= 15 is 0 Å². The van der Waals surface area contributed by atoms with Gasteiger partial charge in [0.05, 0.1) is 18.0 Å². The molecule has 3 rings (SSSR count). The number of nitrogens with zero attached hydrogens (tertiary/aromatic N) is 6. The standard InChI is InChI=1S/C18H22N8O2/c1-12(2)18(11-19)5-7-26(16(18)28)14-4-6-21-17(24-14)23-13-8-22-25(9-13)10-15(27)20-3/h4,6,8-9,12H,5,7,10H2,1-3H3,(H,20,27)(H,21,23,24)/t18-/m1/s1. The van der Waals surface area contributed by atoms with E-state index in [4.69, 9.17) is 0 Å². The van der Waals surface area contributed by atoms with E-state index in [1.54, 1.807) is 31.7 Å². The fourth-order valence-electron chi connectivity index (χ4n) is 3.15. The number of anilines is 3. The molecule has 0 spiro atoms. The minimum Gasteiger partial charge on any atom is -0.358 e. The summed E-state index contributed by atoms with van der Waals surface area (Å²) in [6.07, 6.45) is 5.23. The van der Waals surface area contributed by atoms with Gasteiger partial charge in [-0.05, 0) is 18.4 Å². The zero-order chi connectivity index (χ0) is 20.3. The van der Waals surface area contributed by atoms with Crippen LogP contribution in [-0.4, -0.2) is 45.2 Å². The van der Waals surface area contributed by atoms with Gasteiger partial charge in [-0.3, -0.25) is 19.2 Å². The third-order valence-electron chi connectivity index (χ3n) is 4.93. The van der Waals surface area contributed by atoms with Crippen molar-refractivity contribution in [2.75, 3.05) is 23.8 Å². The summed E-state index contributed by atoms with van der Waals surface area (Å²) in [4.78, 5) is 34.4. The largest absolute Gasteiger partial charge is 0.358 e. The Morgan fingerprint density at radius 2 is 2.25 bits per heavy atom. The summed E-state index contributed by atoms with van der Waals surface area (Å²) < 4.78 is 1.49. The number of likely N-dealkylation sites (N-methyl/N-ethyl adjacent to an activating group) is 1. The second kappa shape index (κ2) is 7.64. The maximum absolute atomic E-state index is 12.9. The second-order valence-electron chi connectivity index (χ2n) is 6.91. The fraction of sp³-hybridized carbons (Fsp3) is 0.444. The zero-order valence-electron chi connectivity index (χ0n) is 16.0. The zero-order valence-corrected chi connectivity index (χ0v) is 16.0. The Balaban J connectivity index is 1.76. The number of carbonyl (C=O) groups excluding carboxylic acids is 2. The van der Waals surface area contributed by atoms with Crippen molar-refractivity contribution in [1.29, 1.82) is 5.26 Å². The average molecular weight is 382 g/mol. The van der Waals surface area contributed by atoms with Crippen LogP contribution < -0.4 is 15.5 Å². The maximum atomic E-state index is 12.9. The van der Waals surface area contributed by atoms with Crippen LogP contribution in [0.1, 0.15) is 20.3 Å². The summed E-state index contributed by atoms with van der Waals surface area (Å²) in [6, 6.07) is 3.85. The quantitative estimate of drug-likeness (QED) is 0.764. The van der Waals surface area contributed by atoms with Crippen LogP contribution in [0.5, 0.6) is 0 Å². The van der Waals surface area contributed by atoms with Gasteiger partial charge in [0.2, 0.25) is 17.8 Å². The van der Waals surface area contributed by atoms with E-state index in [2.05, 4.69) is 31.8 Å². The number of carbonyl (C=O) groups is 2. The molecule has 1 aliphatic heterocycles. The molecule has 0 radical (unpaired) electrons. The Labute approximate surface area is 162 Å². The molecule has 10 nitrogen and oxygen atoms in total. The normalized spacial score (nSPS) is 19.0. The van der Waals surface area contributed by atoms with E-state index < -0.39 is 5.41 Å². The Hall–Kier alpha value is -3.48. The van der Waals surface area contributed by atoms with E-state index in [0.29, 0.717) is 30.4 Å². The second-order valence-corrected chi connectivity index (χ2v) is 6.91. The first-order valence-corrected chi connectivity index (χ1v) is 8.96. The molecule has 0 saturated carbocycles. The lowest BCUT2D eigenvalue weighted by atomic mass is 9.77. The molecule has 28 heavy (non-hydrogen) atoms. The van der Waals surface area contributed by atoms with Crippen LogP contribution in [0.25, 0.3) is 0 Å². The van der Waals surface area contributed by atoms with Gasteiger partial charge in [-0.2, -0.15) is 15.3 Å². The molecule has 2 aromatic heterocycles. The van der Waals surface area contributed by atoms with Crippen molar-refractivity contribution in [1.82, 2.24) is 25.1 Å². The summed E-state index contributed by atoms with van der Waals surface area (Å²) in [5, 5.41) is 19.2. The number of amides is 2. The van der Waals surface area contributed by atoms with E-state index in [-0.39, 0.29) is 24.3 Å². The first-order valence-electron chi connectivity index (χ1n) is 8.96. The Morgan fingerprint density at radius 3 is 2.89 bits per heavy atom. The van der Waals surface area contributed by atoms with E-state index in [9.17, 15) is 14.9 Å². The highest BCUT2D eigenvalue weighted by Crippen LogP contribution is 2.40. The molecule has 146 valence electrons. The molecule has 1 saturated heterocycles. The molecule has 2 aromatic rings. The van der Waals surface area contributed by atoms with Crippen LogP contribution in [0.4, 0.5) is 17.5 Å². The highest BCUT2D eigenvalue weighted by Gasteiger charge is 2.50. The van der Waals surface area contributed by atoms with Gasteiger partial charge in [0.15, 0.2) is 0 Å². The number of nitriles is 1. The number of rotatable bonds is 6. The topological polar surface area (TPSA) is 129 Å². The summed E-state index contributed by atoms with van der Waals surface area (Å²) >= 11 is 0. The first-order chi connectivity index (χ1) is 13.4. The fourth-order valence-corrected chi connectivity index (χ4v) is 3.15. The van der Waals surface area contributed by atoms with Gasteiger partial charge in [0, 0.05) is 26.0 Å². The van der Waals surface area contributed by atoms with Gasteiger partial charge < -0.3 is 10.6 Å². The number of nitrogens with one attached hydrogen (secondary N) is 2. The van der Waals surface area contributed by atoms with Crippen LogP contribution in [0, 0.1) is 22.7 Å². The van der Waals surface area contributed by atoms with Gasteiger partial charge in [0.1, 0.15) is 17.8 Å². The molecule has 0 bridgehead atoms. The number of hydrogen-bond acceptors (Lipinski definition) is 7. The highest BCUT2D eigenvalue weighted by molar-refractivity contribution is 6.01. The molecule has 0 aromatic carbocycles. The molecule has 0 unspecified atom stereocenters. The minimum atomic E-state index is -1.01. The molecule has 0 aliphatic carbocycles. The van der Waals surface area contributed by atoms with Gasteiger partial charge >= 0.3 is 0 Å². The smallest absolute Gasteiger partial charge is 0.248 e. The average Bonchev–Trinajstić information content (AvgIpc) is 3.26. The lowest BCUT2D eigenvalue weighted by Gasteiger charge is -2.24. The lowest BCUT2D eigenvalue weighted by Crippen LogP contribution is -2.37. The first kappa shape index (κ1) is 19.3. The summed E-state index contributed by atoms with van der Waals surface area (Å²) in [5.41, 5.74) is -0.401. The predicted octanol–water partition coefficient (Wildman–Crippen LogP) is 1.07. The van der Waals surface area contributed by atoms with Crippen LogP contribution >= 0.6 is 0 Å². The van der Waals surface area contributed by atoms with Crippen LogP contribution in [-0.2, 0) is 16.1 Å². The summed E-state index contributed by atoms with van der Waals surface area (Å²) in [6.45, 7) is 4.31.